The largest absolute Gasteiger partial charge is 0.490 e. The third kappa shape index (κ3) is 6.10. The first kappa shape index (κ1) is 24.9. The average molecular weight is 555 g/mol. The molecule has 4 aromatic rings. The molecule has 0 aliphatic heterocycles. The molecule has 35 heavy (non-hydrogen) atoms. The minimum Gasteiger partial charge on any atom is -0.490 e. The lowest BCUT2D eigenvalue weighted by Crippen LogP contribution is -2.22. The van der Waals surface area contributed by atoms with Gasteiger partial charge in [0.2, 0.25) is 0 Å². The number of rotatable bonds is 9. The number of benzene rings is 3. The molecule has 0 radical (unpaired) electrons. The van der Waals surface area contributed by atoms with Crippen molar-refractivity contribution in [3.8, 4) is 11.5 Å². The second kappa shape index (κ2) is 11.5. The lowest BCUT2D eigenvalue weighted by atomic mass is 10.2. The number of nitrogens with zero attached hydrogens (tertiary/aromatic N) is 3. The van der Waals surface area contributed by atoms with Crippen LogP contribution in [0, 0.1) is 0 Å². The summed E-state index contributed by atoms with van der Waals surface area (Å²) >= 11 is 9.39. The standard InChI is InChI=1S/C27H25BrClN3O3/c1-3-5-26-31-23-12-9-20(28)15-22(23)27(33)32(26)30-16-19-8-13-24(25(14-19)34-4-2)35-17-18-6-10-21(29)11-7-18/h6-16H,3-5,17H2,1-2H3. The molecule has 6 nitrogen and oxygen atoms in total. The summed E-state index contributed by atoms with van der Waals surface area (Å²) in [5.41, 5.74) is 2.23. The van der Waals surface area contributed by atoms with E-state index in [2.05, 4.69) is 26.0 Å². The van der Waals surface area contributed by atoms with E-state index in [9.17, 15) is 4.79 Å². The zero-order chi connectivity index (χ0) is 24.8. The Kier molecular flexibility index (Phi) is 8.21. The molecule has 1 heterocycles. The molecule has 1 aromatic heterocycles. The number of aromatic nitrogens is 2. The minimum absolute atomic E-state index is 0.205. The van der Waals surface area contributed by atoms with Crippen LogP contribution in [-0.2, 0) is 13.0 Å². The highest BCUT2D eigenvalue weighted by atomic mass is 79.9. The molecule has 0 saturated carbocycles. The smallest absolute Gasteiger partial charge is 0.282 e. The molecule has 0 fully saturated rings. The maximum Gasteiger partial charge on any atom is 0.282 e. The van der Waals surface area contributed by atoms with Crippen molar-refractivity contribution in [2.75, 3.05) is 6.61 Å². The van der Waals surface area contributed by atoms with Gasteiger partial charge in [-0.2, -0.15) is 9.78 Å². The van der Waals surface area contributed by atoms with Crippen molar-refractivity contribution in [1.82, 2.24) is 9.66 Å². The molecule has 0 spiro atoms. The van der Waals surface area contributed by atoms with Crippen LogP contribution >= 0.6 is 27.5 Å². The maximum atomic E-state index is 13.2. The first-order chi connectivity index (χ1) is 17.0. The topological polar surface area (TPSA) is 65.7 Å². The van der Waals surface area contributed by atoms with Crippen LogP contribution in [-0.4, -0.2) is 22.5 Å². The van der Waals surface area contributed by atoms with Gasteiger partial charge in [0.1, 0.15) is 12.4 Å². The van der Waals surface area contributed by atoms with Crippen molar-refractivity contribution >= 4 is 44.6 Å². The number of halogens is 2. The molecule has 0 amide bonds. The van der Waals surface area contributed by atoms with Crippen molar-refractivity contribution in [2.24, 2.45) is 5.10 Å². The molecule has 4 rings (SSSR count). The van der Waals surface area contributed by atoms with Gasteiger partial charge < -0.3 is 9.47 Å². The lowest BCUT2D eigenvalue weighted by Gasteiger charge is -2.13. The number of aryl methyl sites for hydroxylation is 1. The van der Waals surface area contributed by atoms with Crippen LogP contribution in [0.2, 0.25) is 5.02 Å². The summed E-state index contributed by atoms with van der Waals surface area (Å²) in [5, 5.41) is 5.69. The maximum absolute atomic E-state index is 13.2. The number of fused-ring (bicyclic) bond motifs is 1. The van der Waals surface area contributed by atoms with E-state index in [1.165, 1.54) is 4.68 Å². The Morgan fingerprint density at radius 3 is 2.57 bits per heavy atom. The predicted molar refractivity (Wildman–Crippen MR) is 144 cm³/mol. The molecule has 8 heteroatoms. The molecule has 3 aromatic carbocycles. The van der Waals surface area contributed by atoms with E-state index >= 15 is 0 Å². The van der Waals surface area contributed by atoms with E-state index < -0.39 is 0 Å². The van der Waals surface area contributed by atoms with E-state index in [0.29, 0.717) is 52.9 Å². The third-order valence-electron chi connectivity index (χ3n) is 5.25. The van der Waals surface area contributed by atoms with Gasteiger partial charge in [-0.1, -0.05) is 46.6 Å². The first-order valence-corrected chi connectivity index (χ1v) is 12.5. The fourth-order valence-electron chi connectivity index (χ4n) is 3.56. The molecular formula is C27H25BrClN3O3. The summed E-state index contributed by atoms with van der Waals surface area (Å²) in [6.45, 7) is 4.84. The van der Waals surface area contributed by atoms with Crippen LogP contribution in [0.15, 0.2) is 75.0 Å². The Labute approximate surface area is 217 Å². The van der Waals surface area contributed by atoms with Crippen LogP contribution < -0.4 is 15.0 Å². The Bertz CT molecular complexity index is 1420. The van der Waals surface area contributed by atoms with E-state index in [-0.39, 0.29) is 5.56 Å². The zero-order valence-corrected chi connectivity index (χ0v) is 21.8. The monoisotopic (exact) mass is 553 g/mol. The fourth-order valence-corrected chi connectivity index (χ4v) is 4.04. The second-order valence-electron chi connectivity index (χ2n) is 7.86. The molecule has 0 unspecified atom stereocenters. The molecule has 180 valence electrons. The lowest BCUT2D eigenvalue weighted by molar-refractivity contribution is 0.269. The Morgan fingerprint density at radius 2 is 1.83 bits per heavy atom. The van der Waals surface area contributed by atoms with E-state index in [0.717, 1.165) is 22.0 Å². The molecule has 0 bridgehead atoms. The van der Waals surface area contributed by atoms with E-state index in [4.69, 9.17) is 21.1 Å². The van der Waals surface area contributed by atoms with Gasteiger partial charge in [-0.15, -0.1) is 0 Å². The number of hydrogen-bond donors (Lipinski definition) is 0. The quantitative estimate of drug-likeness (QED) is 0.218. The first-order valence-electron chi connectivity index (χ1n) is 11.4. The third-order valence-corrected chi connectivity index (χ3v) is 5.99. The van der Waals surface area contributed by atoms with E-state index in [1.54, 1.807) is 12.3 Å². The van der Waals surface area contributed by atoms with Gasteiger partial charge in [-0.25, -0.2) is 4.98 Å². The van der Waals surface area contributed by atoms with Crippen molar-refractivity contribution in [3.63, 3.8) is 0 Å². The Balaban J connectivity index is 1.63. The summed E-state index contributed by atoms with van der Waals surface area (Å²) in [4.78, 5) is 17.9. The van der Waals surface area contributed by atoms with Crippen molar-refractivity contribution < 1.29 is 9.47 Å². The van der Waals surface area contributed by atoms with Gasteiger partial charge in [0.05, 0.1) is 23.7 Å². The number of ether oxygens (including phenoxy) is 2. The SMILES string of the molecule is CCCc1nc2ccc(Br)cc2c(=O)n1N=Cc1ccc(OCc2ccc(Cl)cc2)c(OCC)c1. The summed E-state index contributed by atoms with van der Waals surface area (Å²) in [6.07, 6.45) is 3.12. The van der Waals surface area contributed by atoms with Crippen molar-refractivity contribution in [1.29, 1.82) is 0 Å². The van der Waals surface area contributed by atoms with Gasteiger partial charge in [0.25, 0.3) is 5.56 Å². The van der Waals surface area contributed by atoms with Crippen LogP contribution in [0.4, 0.5) is 0 Å². The van der Waals surface area contributed by atoms with Gasteiger partial charge in [-0.3, -0.25) is 4.79 Å². The second-order valence-corrected chi connectivity index (χ2v) is 9.21. The zero-order valence-electron chi connectivity index (χ0n) is 19.5. The average Bonchev–Trinajstić information content (AvgIpc) is 2.85. The highest BCUT2D eigenvalue weighted by Crippen LogP contribution is 2.29. The molecule has 0 aliphatic carbocycles. The van der Waals surface area contributed by atoms with Gasteiger partial charge in [0, 0.05) is 15.9 Å². The molecular weight excluding hydrogens is 530 g/mol. The van der Waals surface area contributed by atoms with E-state index in [1.807, 2.05) is 68.4 Å². The molecule has 0 N–H and O–H groups in total. The molecule has 0 atom stereocenters. The van der Waals surface area contributed by atoms with Gasteiger partial charge in [0.15, 0.2) is 11.5 Å². The van der Waals surface area contributed by atoms with Crippen LogP contribution in [0.3, 0.4) is 0 Å². The Morgan fingerprint density at radius 1 is 1.03 bits per heavy atom. The van der Waals surface area contributed by atoms with Crippen LogP contribution in [0.25, 0.3) is 10.9 Å². The molecule has 0 saturated heterocycles. The fraction of sp³-hybridized carbons (Fsp3) is 0.222. The van der Waals surface area contributed by atoms with Crippen LogP contribution in [0.1, 0.15) is 37.2 Å². The predicted octanol–water partition coefficient (Wildman–Crippen LogP) is 6.62. The summed E-state index contributed by atoms with van der Waals surface area (Å²) in [6, 6.07) is 18.6. The highest BCUT2D eigenvalue weighted by Gasteiger charge is 2.11. The minimum atomic E-state index is -0.205. The Hall–Kier alpha value is -3.16. The van der Waals surface area contributed by atoms with Crippen LogP contribution in [0.5, 0.6) is 11.5 Å². The summed E-state index contributed by atoms with van der Waals surface area (Å²) in [5.74, 6) is 1.85. The van der Waals surface area contributed by atoms with Gasteiger partial charge in [-0.05, 0) is 73.0 Å². The normalized spacial score (nSPS) is 11.3. The molecule has 0 aliphatic rings. The van der Waals surface area contributed by atoms with Gasteiger partial charge >= 0.3 is 0 Å². The highest BCUT2D eigenvalue weighted by molar-refractivity contribution is 9.10. The van der Waals surface area contributed by atoms with Crippen molar-refractivity contribution in [2.45, 2.75) is 33.3 Å². The summed E-state index contributed by atoms with van der Waals surface area (Å²) in [7, 11) is 0. The van der Waals surface area contributed by atoms with Crippen molar-refractivity contribution in [3.05, 3.63) is 97.5 Å². The summed E-state index contributed by atoms with van der Waals surface area (Å²) < 4.78 is 14.0. The number of hydrogen-bond acceptors (Lipinski definition) is 5.